The van der Waals surface area contributed by atoms with Crippen molar-refractivity contribution in [1.82, 2.24) is 9.62 Å². The summed E-state index contributed by atoms with van der Waals surface area (Å²) >= 11 is 1.49. The van der Waals surface area contributed by atoms with Gasteiger partial charge < -0.3 is 9.64 Å². The highest BCUT2D eigenvalue weighted by atomic mass is 32.2. The summed E-state index contributed by atoms with van der Waals surface area (Å²) in [4.78, 5) is 26.9. The number of hydrogen-bond donors (Lipinski definition) is 1. The lowest BCUT2D eigenvalue weighted by Gasteiger charge is -2.29. The van der Waals surface area contributed by atoms with Crippen LogP contribution in [0.4, 0.5) is 0 Å². The fourth-order valence-corrected chi connectivity index (χ4v) is 5.06. The fraction of sp³-hybridized carbons (Fsp3) is 0.364. The lowest BCUT2D eigenvalue weighted by Crippen LogP contribution is -2.44. The number of carbonyl (C=O) groups excluding carboxylic acids is 2. The molecule has 1 atom stereocenters. The lowest BCUT2D eigenvalue weighted by atomic mass is 10.00. The molecule has 1 aliphatic rings. The van der Waals surface area contributed by atoms with Crippen LogP contribution >= 0.6 is 11.8 Å². The van der Waals surface area contributed by atoms with Gasteiger partial charge in [-0.2, -0.15) is 16.5 Å². The summed E-state index contributed by atoms with van der Waals surface area (Å²) < 4.78 is 32.9. The number of esters is 1. The number of thioether (sulfide) groups is 1. The van der Waals surface area contributed by atoms with E-state index in [-0.39, 0.29) is 17.2 Å². The molecule has 166 valence electrons. The summed E-state index contributed by atoms with van der Waals surface area (Å²) in [5, 5.41) is 0. The molecule has 3 rings (SSSR count). The molecule has 0 spiro atoms. The minimum Gasteiger partial charge on any atom is -0.454 e. The molecule has 1 heterocycles. The number of hydrogen-bond acceptors (Lipinski definition) is 6. The van der Waals surface area contributed by atoms with Gasteiger partial charge in [-0.3, -0.25) is 9.59 Å². The molecular formula is C22H26N2O5S2. The number of rotatable bonds is 9. The van der Waals surface area contributed by atoms with Gasteiger partial charge in [-0.1, -0.05) is 42.5 Å². The van der Waals surface area contributed by atoms with E-state index in [1.807, 2.05) is 30.5 Å². The highest BCUT2D eigenvalue weighted by Crippen LogP contribution is 2.18. The standard InChI is InChI=1S/C22H26N2O5S2/c1-30-14-12-20(23-31(27,28)19-9-3-2-4-10-19)22(26)29-16-21(25)24-13-11-17-7-5-6-8-18(17)15-24/h2-10,20,23H,11-16H2,1H3/t20-/m1/s1. The zero-order valence-corrected chi connectivity index (χ0v) is 19.0. The lowest BCUT2D eigenvalue weighted by molar-refractivity contribution is -0.153. The molecule has 9 heteroatoms. The van der Waals surface area contributed by atoms with E-state index >= 15 is 0 Å². The maximum atomic E-state index is 12.6. The highest BCUT2D eigenvalue weighted by Gasteiger charge is 2.28. The van der Waals surface area contributed by atoms with Gasteiger partial charge in [0, 0.05) is 13.1 Å². The third-order valence-corrected chi connectivity index (χ3v) is 7.20. The predicted octanol–water partition coefficient (Wildman–Crippen LogP) is 2.21. The SMILES string of the molecule is CSCC[C@@H](NS(=O)(=O)c1ccccc1)C(=O)OCC(=O)N1CCc2ccccc2C1. The third-order valence-electron chi connectivity index (χ3n) is 5.07. The summed E-state index contributed by atoms with van der Waals surface area (Å²) in [5.74, 6) is -0.481. The Bertz CT molecular complexity index is 1010. The van der Waals surface area contributed by atoms with Crippen molar-refractivity contribution in [2.75, 3.05) is 25.2 Å². The fourth-order valence-electron chi connectivity index (χ4n) is 3.35. The first-order chi connectivity index (χ1) is 14.9. The first kappa shape index (κ1) is 23.3. The Morgan fingerprint density at radius 1 is 1.10 bits per heavy atom. The monoisotopic (exact) mass is 462 g/mol. The molecule has 0 saturated carbocycles. The van der Waals surface area contributed by atoms with Gasteiger partial charge in [-0.25, -0.2) is 8.42 Å². The van der Waals surface area contributed by atoms with Crippen molar-refractivity contribution in [3.63, 3.8) is 0 Å². The quantitative estimate of drug-likeness (QED) is 0.575. The van der Waals surface area contributed by atoms with Crippen molar-refractivity contribution >= 4 is 33.7 Å². The van der Waals surface area contributed by atoms with Crippen molar-refractivity contribution in [2.24, 2.45) is 0 Å². The molecule has 2 aromatic carbocycles. The maximum absolute atomic E-state index is 12.6. The molecule has 0 unspecified atom stereocenters. The average Bonchev–Trinajstić information content (AvgIpc) is 2.80. The maximum Gasteiger partial charge on any atom is 0.324 e. The van der Waals surface area contributed by atoms with E-state index in [2.05, 4.69) is 4.72 Å². The number of nitrogens with one attached hydrogen (secondary N) is 1. The second-order valence-electron chi connectivity index (χ2n) is 7.21. The second kappa shape index (κ2) is 10.8. The highest BCUT2D eigenvalue weighted by molar-refractivity contribution is 7.98. The zero-order chi connectivity index (χ0) is 22.3. The van der Waals surface area contributed by atoms with Crippen molar-refractivity contribution in [3.05, 3.63) is 65.7 Å². The molecule has 0 aromatic heterocycles. The predicted molar refractivity (Wildman–Crippen MR) is 120 cm³/mol. The van der Waals surface area contributed by atoms with Crippen LogP contribution in [0, 0.1) is 0 Å². The van der Waals surface area contributed by atoms with Crippen LogP contribution in [0.5, 0.6) is 0 Å². The van der Waals surface area contributed by atoms with Crippen molar-refractivity contribution in [3.8, 4) is 0 Å². The Labute approximate surface area is 187 Å². The minimum absolute atomic E-state index is 0.0695. The average molecular weight is 463 g/mol. The Hall–Kier alpha value is -2.36. The molecule has 1 N–H and O–H groups in total. The summed E-state index contributed by atoms with van der Waals surface area (Å²) in [6.45, 7) is 0.622. The number of carbonyl (C=O) groups is 2. The van der Waals surface area contributed by atoms with Crippen molar-refractivity contribution in [1.29, 1.82) is 0 Å². The number of amides is 1. The smallest absolute Gasteiger partial charge is 0.324 e. The van der Waals surface area contributed by atoms with E-state index < -0.39 is 28.6 Å². The summed E-state index contributed by atoms with van der Waals surface area (Å²) in [5.41, 5.74) is 2.30. The molecule has 31 heavy (non-hydrogen) atoms. The number of fused-ring (bicyclic) bond motifs is 1. The van der Waals surface area contributed by atoms with Crippen LogP contribution in [-0.2, 0) is 37.3 Å². The molecule has 1 aliphatic heterocycles. The minimum atomic E-state index is -3.88. The van der Waals surface area contributed by atoms with Gasteiger partial charge in [0.25, 0.3) is 5.91 Å². The van der Waals surface area contributed by atoms with E-state index in [9.17, 15) is 18.0 Å². The Morgan fingerprint density at radius 2 is 1.77 bits per heavy atom. The topological polar surface area (TPSA) is 92.8 Å². The van der Waals surface area contributed by atoms with Gasteiger partial charge in [0.2, 0.25) is 10.0 Å². The second-order valence-corrected chi connectivity index (χ2v) is 9.91. The number of benzene rings is 2. The zero-order valence-electron chi connectivity index (χ0n) is 17.3. The molecule has 0 saturated heterocycles. The first-order valence-electron chi connectivity index (χ1n) is 9.98. The molecule has 7 nitrogen and oxygen atoms in total. The number of sulfonamides is 1. The normalized spacial score (nSPS) is 14.5. The van der Waals surface area contributed by atoms with Crippen LogP contribution in [0.1, 0.15) is 17.5 Å². The van der Waals surface area contributed by atoms with Crippen LogP contribution in [-0.4, -0.2) is 56.4 Å². The van der Waals surface area contributed by atoms with Crippen LogP contribution in [0.3, 0.4) is 0 Å². The summed E-state index contributed by atoms with van der Waals surface area (Å²) in [6, 6.07) is 14.7. The van der Waals surface area contributed by atoms with Gasteiger partial charge in [0.15, 0.2) is 6.61 Å². The van der Waals surface area contributed by atoms with Gasteiger partial charge in [-0.05, 0) is 48.1 Å². The van der Waals surface area contributed by atoms with Crippen LogP contribution in [0.15, 0.2) is 59.5 Å². The Kier molecular flexibility index (Phi) is 8.11. The summed E-state index contributed by atoms with van der Waals surface area (Å²) in [6.07, 6.45) is 2.88. The van der Waals surface area contributed by atoms with E-state index in [0.717, 1.165) is 12.0 Å². The van der Waals surface area contributed by atoms with Crippen molar-refractivity contribution in [2.45, 2.75) is 30.3 Å². The molecule has 0 radical (unpaired) electrons. The Morgan fingerprint density at radius 3 is 2.48 bits per heavy atom. The van der Waals surface area contributed by atoms with Crippen molar-refractivity contribution < 1.29 is 22.7 Å². The molecule has 0 bridgehead atoms. The van der Waals surface area contributed by atoms with Crippen LogP contribution in [0.2, 0.25) is 0 Å². The molecule has 0 aliphatic carbocycles. The molecule has 0 fully saturated rings. The van der Waals surface area contributed by atoms with E-state index in [1.54, 1.807) is 23.1 Å². The van der Waals surface area contributed by atoms with Gasteiger partial charge in [0.1, 0.15) is 6.04 Å². The van der Waals surface area contributed by atoms with E-state index in [4.69, 9.17) is 4.74 Å². The Balaban J connectivity index is 1.60. The molecule has 2 aromatic rings. The molecule has 1 amide bonds. The summed E-state index contributed by atoms with van der Waals surface area (Å²) in [7, 11) is -3.88. The third kappa shape index (κ3) is 6.32. The first-order valence-corrected chi connectivity index (χ1v) is 12.9. The largest absolute Gasteiger partial charge is 0.454 e. The van der Waals surface area contributed by atoms with Gasteiger partial charge >= 0.3 is 5.97 Å². The van der Waals surface area contributed by atoms with Crippen LogP contribution in [0.25, 0.3) is 0 Å². The number of ether oxygens (including phenoxy) is 1. The van der Waals surface area contributed by atoms with E-state index in [0.29, 0.717) is 18.8 Å². The number of nitrogens with zero attached hydrogens (tertiary/aromatic N) is 1. The van der Waals surface area contributed by atoms with Crippen LogP contribution < -0.4 is 4.72 Å². The van der Waals surface area contributed by atoms with Gasteiger partial charge in [-0.15, -0.1) is 0 Å². The van der Waals surface area contributed by atoms with Gasteiger partial charge in [0.05, 0.1) is 4.90 Å². The molecular weight excluding hydrogens is 436 g/mol. The van der Waals surface area contributed by atoms with E-state index in [1.165, 1.54) is 29.5 Å².